The van der Waals surface area contributed by atoms with Gasteiger partial charge in [0.2, 0.25) is 18.6 Å². The first-order valence-electron chi connectivity index (χ1n) is 16.6. The molecule has 4 N–H and O–H groups in total. The molecule has 0 saturated carbocycles. The van der Waals surface area contributed by atoms with E-state index in [0.717, 1.165) is 22.4 Å². The highest BCUT2D eigenvalue weighted by atomic mass is 35.5. The van der Waals surface area contributed by atoms with Crippen LogP contribution in [0.25, 0.3) is 0 Å². The van der Waals surface area contributed by atoms with Gasteiger partial charge in [-0.3, -0.25) is 14.5 Å². The molecule has 2 heterocycles. The van der Waals surface area contributed by atoms with Crippen molar-refractivity contribution in [2.24, 2.45) is 5.92 Å². The van der Waals surface area contributed by atoms with Gasteiger partial charge in [-0.25, -0.2) is 0 Å². The summed E-state index contributed by atoms with van der Waals surface area (Å²) in [4.78, 5) is 31.7. The maximum absolute atomic E-state index is 13.9. The maximum Gasteiger partial charge on any atom is 0.239 e. The molecule has 0 bridgehead atoms. The van der Waals surface area contributed by atoms with Crippen molar-refractivity contribution < 1.29 is 29.3 Å². The number of nitrogens with zero attached hydrogens (tertiary/aromatic N) is 2. The second kappa shape index (κ2) is 14.3. The Morgan fingerprint density at radius 3 is 2.48 bits per heavy atom. The predicted molar refractivity (Wildman–Crippen MR) is 184 cm³/mol. The topological polar surface area (TPSA) is 124 Å². The summed E-state index contributed by atoms with van der Waals surface area (Å²) in [5, 5.41) is 29.1. The summed E-state index contributed by atoms with van der Waals surface area (Å²) in [6.45, 7) is 7.56. The zero-order chi connectivity index (χ0) is 34.0. The number of carbonyl (C=O) groups is 2. The minimum absolute atomic E-state index is 0.134. The van der Waals surface area contributed by atoms with E-state index in [1.165, 1.54) is 0 Å². The average molecular weight is 677 g/mol. The average Bonchev–Trinajstić information content (AvgIpc) is 3.63. The van der Waals surface area contributed by atoms with E-state index in [1.807, 2.05) is 86.3 Å². The van der Waals surface area contributed by atoms with Gasteiger partial charge in [0.15, 0.2) is 11.5 Å². The molecule has 1 aliphatic carbocycles. The summed E-state index contributed by atoms with van der Waals surface area (Å²) in [7, 11) is 0. The molecule has 2 aliphatic heterocycles. The van der Waals surface area contributed by atoms with Gasteiger partial charge in [-0.05, 0) is 50.3 Å². The quantitative estimate of drug-likeness (QED) is 0.256. The van der Waals surface area contributed by atoms with Crippen molar-refractivity contribution in [3.8, 4) is 11.5 Å². The number of nitrogens with one attached hydrogen (secondary N) is 2. The molecular formula is C37H45ClN4O6. The number of halogens is 1. The number of anilines is 1. The molecule has 10 nitrogen and oxygen atoms in total. The highest BCUT2D eigenvalue weighted by Gasteiger charge is 2.38. The molecule has 0 unspecified atom stereocenters. The molecule has 1 fully saturated rings. The van der Waals surface area contributed by atoms with Crippen molar-refractivity contribution in [3.05, 3.63) is 88.4 Å². The van der Waals surface area contributed by atoms with Gasteiger partial charge in [0.25, 0.3) is 0 Å². The van der Waals surface area contributed by atoms with Crippen LogP contribution in [0, 0.1) is 5.92 Å². The largest absolute Gasteiger partial charge is 0.454 e. The van der Waals surface area contributed by atoms with E-state index in [2.05, 4.69) is 15.5 Å². The molecule has 3 aliphatic rings. The Bertz CT molecular complexity index is 1620. The molecule has 5 atom stereocenters. The van der Waals surface area contributed by atoms with Crippen LogP contribution in [0.5, 0.6) is 11.5 Å². The van der Waals surface area contributed by atoms with Crippen LogP contribution in [0.3, 0.4) is 0 Å². The molecule has 0 radical (unpaired) electrons. The van der Waals surface area contributed by atoms with E-state index in [0.29, 0.717) is 49.0 Å². The lowest BCUT2D eigenvalue weighted by atomic mass is 9.91. The third-order valence-electron chi connectivity index (χ3n) is 9.27. The number of hydrogen-bond donors (Lipinski definition) is 4. The summed E-state index contributed by atoms with van der Waals surface area (Å²) in [5.41, 5.74) is 3.22. The van der Waals surface area contributed by atoms with Crippen molar-refractivity contribution in [1.82, 2.24) is 15.5 Å². The molecule has 0 aromatic heterocycles. The van der Waals surface area contributed by atoms with Crippen molar-refractivity contribution in [1.29, 1.82) is 0 Å². The van der Waals surface area contributed by atoms with Gasteiger partial charge in [-0.2, -0.15) is 0 Å². The normalized spacial score (nSPS) is 21.8. The van der Waals surface area contributed by atoms with Crippen LogP contribution in [0.15, 0.2) is 66.7 Å². The summed E-state index contributed by atoms with van der Waals surface area (Å²) in [6, 6.07) is 20.0. The standard InChI is InChI=1S/C37H45ClN4O6/c1-37(2,3)40-36(46)30-21-42(29-19-33-32(18-28(29)38)47-22-48-33)14-13-41(30)20-26(43)16-25(15-23-9-5-4-6-10-23)35(45)39-34-27-12-8-7-11-24(27)17-31(34)44/h4-12,18-19,25-26,30-31,34,43-44H,13-17,20-22H2,1-3H3,(H,39,45)(H,40,46)/t25-,26+,30+,31-,34+/m1/s1. The van der Waals surface area contributed by atoms with Crippen molar-refractivity contribution in [2.75, 3.05) is 37.9 Å². The van der Waals surface area contributed by atoms with Gasteiger partial charge >= 0.3 is 0 Å². The number of carbonyl (C=O) groups excluding carboxylic acids is 2. The molecule has 3 aromatic carbocycles. The van der Waals surface area contributed by atoms with Gasteiger partial charge in [-0.1, -0.05) is 66.2 Å². The van der Waals surface area contributed by atoms with Gasteiger partial charge in [-0.15, -0.1) is 0 Å². The van der Waals surface area contributed by atoms with Crippen molar-refractivity contribution >= 4 is 29.1 Å². The van der Waals surface area contributed by atoms with Gasteiger partial charge in [0, 0.05) is 56.2 Å². The zero-order valence-electron chi connectivity index (χ0n) is 27.7. The lowest BCUT2D eigenvalue weighted by molar-refractivity contribution is -0.130. The number of β-amino-alcohol motifs (C(OH)–C–C–N with tert-alkyl or cyclic N) is 1. The fraction of sp³-hybridized carbons (Fsp3) is 0.459. The number of amides is 2. The Kier molecular flexibility index (Phi) is 10.2. The fourth-order valence-corrected chi connectivity index (χ4v) is 7.26. The second-order valence-corrected chi connectivity index (χ2v) is 14.5. The first kappa shape index (κ1) is 34.0. The number of rotatable bonds is 10. The van der Waals surface area contributed by atoms with Crippen LogP contribution in [0.1, 0.15) is 49.9 Å². The Morgan fingerprint density at radius 2 is 1.73 bits per heavy atom. The van der Waals surface area contributed by atoms with Gasteiger partial charge < -0.3 is 35.2 Å². The number of aliphatic hydroxyl groups is 2. The number of ether oxygens (including phenoxy) is 2. The zero-order valence-corrected chi connectivity index (χ0v) is 28.5. The molecule has 48 heavy (non-hydrogen) atoms. The van der Waals surface area contributed by atoms with Crippen LogP contribution in [-0.4, -0.2) is 83.7 Å². The molecule has 0 spiro atoms. The summed E-state index contributed by atoms with van der Waals surface area (Å²) < 4.78 is 11.1. The third-order valence-corrected chi connectivity index (χ3v) is 9.58. The summed E-state index contributed by atoms with van der Waals surface area (Å²) >= 11 is 6.66. The monoisotopic (exact) mass is 676 g/mol. The molecule has 2 amide bonds. The van der Waals surface area contributed by atoms with Crippen molar-refractivity contribution in [3.63, 3.8) is 0 Å². The molecule has 256 valence electrons. The molecule has 1 saturated heterocycles. The Labute approximate surface area is 287 Å². The smallest absolute Gasteiger partial charge is 0.239 e. The van der Waals surface area contributed by atoms with E-state index in [-0.39, 0.29) is 31.6 Å². The van der Waals surface area contributed by atoms with Crippen LogP contribution in [-0.2, 0) is 22.4 Å². The Balaban J connectivity index is 1.18. The number of piperazine rings is 1. The van der Waals surface area contributed by atoms with Gasteiger partial charge in [0.1, 0.15) is 6.04 Å². The number of aliphatic hydroxyl groups excluding tert-OH is 2. The second-order valence-electron chi connectivity index (χ2n) is 14.1. The first-order valence-corrected chi connectivity index (χ1v) is 17.0. The highest BCUT2D eigenvalue weighted by Crippen LogP contribution is 2.41. The summed E-state index contributed by atoms with van der Waals surface area (Å²) in [6.07, 6.45) is -0.513. The first-order chi connectivity index (χ1) is 22.9. The lowest BCUT2D eigenvalue weighted by Crippen LogP contribution is -2.62. The SMILES string of the molecule is CC(C)(C)NC(=O)[C@@H]1CN(c2cc3c(cc2Cl)OCO3)CCN1C[C@@H](O)C[C@@H](Cc1ccccc1)C(=O)N[C@H]1c2ccccc2C[C@H]1O. The fourth-order valence-electron chi connectivity index (χ4n) is 6.98. The lowest BCUT2D eigenvalue weighted by Gasteiger charge is -2.43. The van der Waals surface area contributed by atoms with Crippen LogP contribution in [0.4, 0.5) is 5.69 Å². The molecule has 3 aromatic rings. The third kappa shape index (κ3) is 7.89. The molecule has 11 heteroatoms. The van der Waals surface area contributed by atoms with Crippen LogP contribution < -0.4 is 25.0 Å². The van der Waals surface area contributed by atoms with E-state index < -0.39 is 35.7 Å². The number of hydrogen-bond acceptors (Lipinski definition) is 8. The Hall–Kier alpha value is -3.83. The van der Waals surface area contributed by atoms with Crippen LogP contribution in [0.2, 0.25) is 5.02 Å². The van der Waals surface area contributed by atoms with Gasteiger partial charge in [0.05, 0.1) is 29.0 Å². The summed E-state index contributed by atoms with van der Waals surface area (Å²) in [5.74, 6) is 0.275. The minimum atomic E-state index is -0.893. The Morgan fingerprint density at radius 1 is 1.02 bits per heavy atom. The van der Waals surface area contributed by atoms with E-state index in [9.17, 15) is 19.8 Å². The van der Waals surface area contributed by atoms with E-state index >= 15 is 0 Å². The van der Waals surface area contributed by atoms with E-state index in [4.69, 9.17) is 21.1 Å². The maximum atomic E-state index is 13.9. The number of fused-ring (bicyclic) bond motifs is 2. The van der Waals surface area contributed by atoms with E-state index in [1.54, 1.807) is 6.07 Å². The molecule has 6 rings (SSSR count). The minimum Gasteiger partial charge on any atom is -0.454 e. The predicted octanol–water partition coefficient (Wildman–Crippen LogP) is 3.86. The number of benzene rings is 3. The van der Waals surface area contributed by atoms with Crippen molar-refractivity contribution in [2.45, 2.75) is 69.9 Å². The van der Waals surface area contributed by atoms with Crippen LogP contribution >= 0.6 is 11.6 Å². The molecular weight excluding hydrogens is 632 g/mol. The highest BCUT2D eigenvalue weighted by molar-refractivity contribution is 6.33.